The van der Waals surface area contributed by atoms with Crippen molar-refractivity contribution >= 4 is 0 Å². The molecular formula is C17H21FO2. The Bertz CT molecular complexity index is 554. The molecule has 0 unspecified atom stereocenters. The Morgan fingerprint density at radius 2 is 2.05 bits per heavy atom. The quantitative estimate of drug-likeness (QED) is 0.774. The van der Waals surface area contributed by atoms with Crippen LogP contribution in [-0.2, 0) is 4.74 Å². The van der Waals surface area contributed by atoms with Gasteiger partial charge in [-0.1, -0.05) is 32.6 Å². The summed E-state index contributed by atoms with van der Waals surface area (Å²) in [6.45, 7) is 10.5. The second kappa shape index (κ2) is 4.32. The van der Waals surface area contributed by atoms with E-state index < -0.39 is 5.60 Å². The third-order valence-corrected chi connectivity index (χ3v) is 4.84. The molecule has 0 spiro atoms. The summed E-state index contributed by atoms with van der Waals surface area (Å²) in [4.78, 5) is 0. The minimum Gasteiger partial charge on any atom is -0.480 e. The van der Waals surface area contributed by atoms with Crippen LogP contribution in [-0.4, -0.2) is 17.3 Å². The summed E-state index contributed by atoms with van der Waals surface area (Å²) in [5.41, 5.74) is 0.235. The van der Waals surface area contributed by atoms with Gasteiger partial charge < -0.3 is 9.47 Å². The summed E-state index contributed by atoms with van der Waals surface area (Å²) < 4.78 is 26.0. The first-order valence-electron chi connectivity index (χ1n) is 7.20. The molecule has 0 aliphatic carbocycles. The average molecular weight is 276 g/mol. The van der Waals surface area contributed by atoms with Crippen LogP contribution in [0, 0.1) is 11.7 Å². The van der Waals surface area contributed by atoms with Crippen LogP contribution in [0.3, 0.4) is 0 Å². The summed E-state index contributed by atoms with van der Waals surface area (Å²) in [5, 5.41) is 0. The molecule has 1 aromatic rings. The van der Waals surface area contributed by atoms with Gasteiger partial charge in [-0.25, -0.2) is 4.39 Å². The van der Waals surface area contributed by atoms with Crippen LogP contribution in [0.25, 0.3) is 0 Å². The highest BCUT2D eigenvalue weighted by molar-refractivity contribution is 5.36. The van der Waals surface area contributed by atoms with Gasteiger partial charge in [0.15, 0.2) is 17.7 Å². The highest BCUT2D eigenvalue weighted by Crippen LogP contribution is 2.57. The molecule has 1 aromatic carbocycles. The molecule has 2 heterocycles. The van der Waals surface area contributed by atoms with E-state index in [1.165, 1.54) is 6.07 Å². The minimum absolute atomic E-state index is 0.273. The lowest BCUT2D eigenvalue weighted by Gasteiger charge is -2.34. The van der Waals surface area contributed by atoms with Crippen LogP contribution in [0.5, 0.6) is 5.75 Å². The number of hydrogen-bond acceptors (Lipinski definition) is 2. The molecule has 0 aromatic heterocycles. The number of ether oxygens (including phenoxy) is 2. The first-order chi connectivity index (χ1) is 9.39. The maximum absolute atomic E-state index is 13.8. The van der Waals surface area contributed by atoms with E-state index >= 15 is 0 Å². The normalized spacial score (nSPS) is 35.9. The second-order valence-electron chi connectivity index (χ2n) is 6.41. The monoisotopic (exact) mass is 276 g/mol. The van der Waals surface area contributed by atoms with Crippen molar-refractivity contribution in [2.75, 3.05) is 0 Å². The van der Waals surface area contributed by atoms with Crippen LogP contribution in [0.1, 0.15) is 33.6 Å². The van der Waals surface area contributed by atoms with E-state index in [0.717, 1.165) is 18.4 Å². The van der Waals surface area contributed by atoms with Crippen molar-refractivity contribution in [1.29, 1.82) is 0 Å². The highest BCUT2D eigenvalue weighted by Gasteiger charge is 2.64. The molecule has 2 aliphatic heterocycles. The SMILES string of the molecule is C=C1[C@@H](Oc2ccccc2F)[C@]2(C)CC[C@@]1(C(C)C)O2. The molecule has 2 bridgehead atoms. The van der Waals surface area contributed by atoms with E-state index in [4.69, 9.17) is 9.47 Å². The van der Waals surface area contributed by atoms with Gasteiger partial charge >= 0.3 is 0 Å². The first-order valence-corrected chi connectivity index (χ1v) is 7.20. The van der Waals surface area contributed by atoms with Crippen molar-refractivity contribution in [2.45, 2.75) is 50.9 Å². The van der Waals surface area contributed by atoms with Crippen molar-refractivity contribution in [3.8, 4) is 5.75 Å². The van der Waals surface area contributed by atoms with Crippen LogP contribution >= 0.6 is 0 Å². The molecule has 0 amide bonds. The van der Waals surface area contributed by atoms with Gasteiger partial charge in [0.25, 0.3) is 0 Å². The van der Waals surface area contributed by atoms with E-state index in [1.807, 2.05) is 6.92 Å². The predicted molar refractivity (Wildman–Crippen MR) is 76.2 cm³/mol. The molecular weight excluding hydrogens is 255 g/mol. The first kappa shape index (κ1) is 13.6. The summed E-state index contributed by atoms with van der Waals surface area (Å²) in [5.74, 6) is 0.270. The molecule has 3 atom stereocenters. The molecule has 20 heavy (non-hydrogen) atoms. The van der Waals surface area contributed by atoms with Crippen LogP contribution in [0.4, 0.5) is 4.39 Å². The summed E-state index contributed by atoms with van der Waals surface area (Å²) >= 11 is 0. The maximum Gasteiger partial charge on any atom is 0.165 e. The average Bonchev–Trinajstić information content (AvgIpc) is 2.86. The molecule has 2 nitrogen and oxygen atoms in total. The molecule has 2 fully saturated rings. The molecule has 0 radical (unpaired) electrons. The lowest BCUT2D eigenvalue weighted by molar-refractivity contribution is -0.0741. The standard InChI is InChI=1S/C17H21FO2/c1-11(2)17-10-9-16(4,20-17)15(12(17)3)19-14-8-6-5-7-13(14)18/h5-8,11,15H,3,9-10H2,1-2,4H3/t15-,16+,17+/m1/s1. The van der Waals surface area contributed by atoms with Crippen molar-refractivity contribution in [2.24, 2.45) is 5.92 Å². The number of para-hydroxylation sites is 1. The van der Waals surface area contributed by atoms with Crippen LogP contribution in [0.15, 0.2) is 36.4 Å². The zero-order valence-electron chi connectivity index (χ0n) is 12.3. The zero-order valence-corrected chi connectivity index (χ0v) is 12.3. The third-order valence-electron chi connectivity index (χ3n) is 4.84. The van der Waals surface area contributed by atoms with Gasteiger partial charge in [-0.3, -0.25) is 0 Å². The molecule has 2 saturated heterocycles. The van der Waals surface area contributed by atoms with E-state index in [1.54, 1.807) is 18.2 Å². The van der Waals surface area contributed by atoms with Gasteiger partial charge in [0.05, 0.1) is 5.60 Å². The van der Waals surface area contributed by atoms with Gasteiger partial charge in [-0.2, -0.15) is 0 Å². The van der Waals surface area contributed by atoms with Crippen LogP contribution in [0.2, 0.25) is 0 Å². The van der Waals surface area contributed by atoms with Crippen molar-refractivity contribution in [3.05, 3.63) is 42.2 Å². The van der Waals surface area contributed by atoms with Gasteiger partial charge in [0, 0.05) is 0 Å². The molecule has 3 heteroatoms. The van der Waals surface area contributed by atoms with Gasteiger partial charge in [-0.05, 0) is 43.4 Å². The molecule has 3 rings (SSSR count). The van der Waals surface area contributed by atoms with E-state index in [2.05, 4.69) is 20.4 Å². The summed E-state index contributed by atoms with van der Waals surface area (Å²) in [6, 6.07) is 6.49. The minimum atomic E-state index is -0.399. The Morgan fingerprint density at radius 1 is 1.35 bits per heavy atom. The number of hydrogen-bond donors (Lipinski definition) is 0. The summed E-state index contributed by atoms with van der Waals surface area (Å²) in [6.07, 6.45) is 1.61. The number of fused-ring (bicyclic) bond motifs is 2. The lowest BCUT2D eigenvalue weighted by Crippen LogP contribution is -2.42. The van der Waals surface area contributed by atoms with Crippen molar-refractivity contribution in [1.82, 2.24) is 0 Å². The molecule has 0 N–H and O–H groups in total. The number of benzene rings is 1. The fourth-order valence-electron chi connectivity index (χ4n) is 3.59. The Balaban J connectivity index is 1.92. The van der Waals surface area contributed by atoms with Crippen molar-refractivity contribution < 1.29 is 13.9 Å². The molecule has 0 saturated carbocycles. The predicted octanol–water partition coefficient (Wildman–Crippen LogP) is 4.11. The largest absolute Gasteiger partial charge is 0.480 e. The smallest absolute Gasteiger partial charge is 0.165 e. The van der Waals surface area contributed by atoms with E-state index in [0.29, 0.717) is 5.92 Å². The van der Waals surface area contributed by atoms with E-state index in [-0.39, 0.29) is 23.3 Å². The molecule has 108 valence electrons. The topological polar surface area (TPSA) is 18.5 Å². The Morgan fingerprint density at radius 3 is 2.65 bits per heavy atom. The number of rotatable bonds is 3. The maximum atomic E-state index is 13.8. The van der Waals surface area contributed by atoms with Gasteiger partial charge in [0.1, 0.15) is 5.60 Å². The highest BCUT2D eigenvalue weighted by atomic mass is 19.1. The Kier molecular flexibility index (Phi) is 2.94. The van der Waals surface area contributed by atoms with Crippen molar-refractivity contribution in [3.63, 3.8) is 0 Å². The third kappa shape index (κ3) is 1.72. The second-order valence-corrected chi connectivity index (χ2v) is 6.41. The summed E-state index contributed by atoms with van der Waals surface area (Å²) in [7, 11) is 0. The fourth-order valence-corrected chi connectivity index (χ4v) is 3.59. The molecule has 2 aliphatic rings. The number of halogens is 1. The van der Waals surface area contributed by atoms with Gasteiger partial charge in [-0.15, -0.1) is 0 Å². The van der Waals surface area contributed by atoms with Crippen LogP contribution < -0.4 is 4.74 Å². The van der Waals surface area contributed by atoms with E-state index in [9.17, 15) is 4.39 Å². The Hall–Kier alpha value is -1.35. The van der Waals surface area contributed by atoms with Gasteiger partial charge in [0.2, 0.25) is 0 Å². The zero-order chi connectivity index (χ0) is 14.5. The lowest BCUT2D eigenvalue weighted by atomic mass is 9.72. The fraction of sp³-hybridized carbons (Fsp3) is 0.529. The Labute approximate surface area is 119 Å².